The second kappa shape index (κ2) is 3.25. The Hall–Kier alpha value is -1.65. The van der Waals surface area contributed by atoms with Gasteiger partial charge in [-0.1, -0.05) is 13.8 Å². The van der Waals surface area contributed by atoms with Crippen molar-refractivity contribution in [3.05, 3.63) is 17.5 Å². The van der Waals surface area contributed by atoms with Gasteiger partial charge in [-0.25, -0.2) is 4.98 Å². The van der Waals surface area contributed by atoms with Gasteiger partial charge in [-0.2, -0.15) is 9.50 Å². The molecule has 0 radical (unpaired) electrons. The molecular weight excluding hydrogens is 178 g/mol. The minimum absolute atomic E-state index is 0.278. The summed E-state index contributed by atoms with van der Waals surface area (Å²) in [6.45, 7) is 4.14. The van der Waals surface area contributed by atoms with E-state index in [1.165, 1.54) is 0 Å². The summed E-state index contributed by atoms with van der Waals surface area (Å²) in [6, 6.07) is 2.04. The Kier molecular flexibility index (Phi) is 2.07. The van der Waals surface area contributed by atoms with E-state index >= 15 is 0 Å². The number of fused-ring (bicyclic) bond motifs is 1. The Morgan fingerprint density at radius 1 is 1.29 bits per heavy atom. The van der Waals surface area contributed by atoms with E-state index in [1.54, 1.807) is 4.52 Å². The number of nitrogen functional groups attached to an aromatic ring is 1. The van der Waals surface area contributed by atoms with E-state index in [2.05, 4.69) is 28.9 Å². The summed E-state index contributed by atoms with van der Waals surface area (Å²) >= 11 is 0. The van der Waals surface area contributed by atoms with Gasteiger partial charge >= 0.3 is 0 Å². The predicted octanol–water partition coefficient (Wildman–Crippen LogP) is 0.831. The first kappa shape index (κ1) is 8.93. The maximum absolute atomic E-state index is 5.52. The van der Waals surface area contributed by atoms with Gasteiger partial charge in [-0.3, -0.25) is 0 Å². The Bertz CT molecular complexity index is 459. The van der Waals surface area contributed by atoms with Gasteiger partial charge in [0, 0.05) is 11.4 Å². The van der Waals surface area contributed by atoms with Crippen LogP contribution in [0.15, 0.2) is 6.07 Å². The van der Waals surface area contributed by atoms with Crippen LogP contribution in [0.2, 0.25) is 0 Å². The van der Waals surface area contributed by atoms with Crippen LogP contribution in [0.4, 0.5) is 5.95 Å². The Labute approximate surface area is 82.0 Å². The van der Waals surface area contributed by atoms with Crippen molar-refractivity contribution in [2.24, 2.45) is 0 Å². The lowest BCUT2D eigenvalue weighted by atomic mass is 10.2. The fraction of sp³-hybridized carbons (Fsp3) is 0.444. The van der Waals surface area contributed by atoms with Gasteiger partial charge < -0.3 is 5.73 Å². The molecule has 0 aliphatic rings. The summed E-state index contributed by atoms with van der Waals surface area (Å²) in [6.07, 6.45) is 1.80. The van der Waals surface area contributed by atoms with Gasteiger partial charge in [0.2, 0.25) is 5.95 Å². The lowest BCUT2D eigenvalue weighted by Crippen LogP contribution is -2.02. The number of rotatable bonds is 2. The lowest BCUT2D eigenvalue weighted by molar-refractivity contribution is 0.834. The molecule has 0 amide bonds. The quantitative estimate of drug-likeness (QED) is 0.763. The molecule has 74 valence electrons. The van der Waals surface area contributed by atoms with Gasteiger partial charge in [-0.05, 0) is 18.9 Å². The van der Waals surface area contributed by atoms with Crippen molar-refractivity contribution >= 4 is 11.7 Å². The summed E-state index contributed by atoms with van der Waals surface area (Å²) in [7, 11) is 0. The smallest absolute Gasteiger partial charge is 0.254 e. The second-order valence-corrected chi connectivity index (χ2v) is 3.13. The van der Waals surface area contributed by atoms with E-state index < -0.39 is 0 Å². The SMILES string of the molecule is CCc1cc(CC)n2nc(N)nc2n1. The van der Waals surface area contributed by atoms with E-state index in [4.69, 9.17) is 5.73 Å². The van der Waals surface area contributed by atoms with Gasteiger partial charge in [0.15, 0.2) is 0 Å². The number of aryl methyl sites for hydroxylation is 2. The third-order valence-corrected chi connectivity index (χ3v) is 2.18. The second-order valence-electron chi connectivity index (χ2n) is 3.13. The average Bonchev–Trinajstić information content (AvgIpc) is 2.56. The third-order valence-electron chi connectivity index (χ3n) is 2.18. The molecule has 2 N–H and O–H groups in total. The minimum atomic E-state index is 0.278. The van der Waals surface area contributed by atoms with Crippen LogP contribution < -0.4 is 5.73 Å². The topological polar surface area (TPSA) is 69.1 Å². The molecule has 0 saturated carbocycles. The fourth-order valence-corrected chi connectivity index (χ4v) is 1.43. The van der Waals surface area contributed by atoms with Crippen molar-refractivity contribution in [2.45, 2.75) is 26.7 Å². The number of aromatic nitrogens is 4. The molecule has 0 atom stereocenters. The molecule has 0 unspecified atom stereocenters. The van der Waals surface area contributed by atoms with Crippen LogP contribution in [0.1, 0.15) is 25.2 Å². The molecule has 0 aliphatic heterocycles. The highest BCUT2D eigenvalue weighted by molar-refractivity contribution is 5.36. The molecule has 0 aromatic carbocycles. The van der Waals surface area contributed by atoms with E-state index in [0.717, 1.165) is 24.2 Å². The molecule has 0 fully saturated rings. The number of hydrogen-bond acceptors (Lipinski definition) is 4. The summed E-state index contributed by atoms with van der Waals surface area (Å²) in [5.41, 5.74) is 7.65. The van der Waals surface area contributed by atoms with Crippen LogP contribution in [0, 0.1) is 0 Å². The first-order valence-corrected chi connectivity index (χ1v) is 4.75. The van der Waals surface area contributed by atoms with E-state index in [-0.39, 0.29) is 5.95 Å². The highest BCUT2D eigenvalue weighted by atomic mass is 15.4. The molecule has 2 aromatic heterocycles. The molecule has 5 heteroatoms. The van der Waals surface area contributed by atoms with Crippen molar-refractivity contribution in [1.29, 1.82) is 0 Å². The molecular formula is C9H13N5. The van der Waals surface area contributed by atoms with Crippen LogP contribution in [0.25, 0.3) is 5.78 Å². The van der Waals surface area contributed by atoms with Gasteiger partial charge in [0.1, 0.15) is 0 Å². The minimum Gasteiger partial charge on any atom is -0.366 e. The van der Waals surface area contributed by atoms with Crippen molar-refractivity contribution in [2.75, 3.05) is 5.73 Å². The first-order valence-electron chi connectivity index (χ1n) is 4.75. The highest BCUT2D eigenvalue weighted by Gasteiger charge is 2.07. The molecule has 0 spiro atoms. The molecule has 0 bridgehead atoms. The number of hydrogen-bond donors (Lipinski definition) is 1. The molecule has 0 saturated heterocycles. The zero-order chi connectivity index (χ0) is 10.1. The standard InChI is InChI=1S/C9H13N5/c1-3-6-5-7(4-2)14-9(11-6)12-8(10)13-14/h5H,3-4H2,1-2H3,(H2,10,13). The van der Waals surface area contributed by atoms with Crippen molar-refractivity contribution in [1.82, 2.24) is 19.6 Å². The normalized spacial score (nSPS) is 11.0. The number of nitrogens with zero attached hydrogens (tertiary/aromatic N) is 4. The van der Waals surface area contributed by atoms with Crippen LogP contribution in [0.3, 0.4) is 0 Å². The van der Waals surface area contributed by atoms with Crippen molar-refractivity contribution in [3.63, 3.8) is 0 Å². The predicted molar refractivity (Wildman–Crippen MR) is 54.0 cm³/mol. The molecule has 5 nitrogen and oxygen atoms in total. The van der Waals surface area contributed by atoms with Gasteiger partial charge in [0.05, 0.1) is 0 Å². The van der Waals surface area contributed by atoms with E-state index in [0.29, 0.717) is 5.78 Å². The monoisotopic (exact) mass is 191 g/mol. The van der Waals surface area contributed by atoms with Gasteiger partial charge in [-0.15, -0.1) is 5.10 Å². The zero-order valence-corrected chi connectivity index (χ0v) is 8.36. The molecule has 2 heterocycles. The van der Waals surface area contributed by atoms with Crippen LogP contribution in [-0.2, 0) is 12.8 Å². The van der Waals surface area contributed by atoms with Crippen LogP contribution >= 0.6 is 0 Å². The van der Waals surface area contributed by atoms with E-state index in [9.17, 15) is 0 Å². The maximum Gasteiger partial charge on any atom is 0.254 e. The summed E-state index contributed by atoms with van der Waals surface area (Å²) < 4.78 is 1.70. The summed E-state index contributed by atoms with van der Waals surface area (Å²) in [5.74, 6) is 0.874. The lowest BCUT2D eigenvalue weighted by Gasteiger charge is -2.02. The Morgan fingerprint density at radius 2 is 2.07 bits per heavy atom. The number of anilines is 1. The Morgan fingerprint density at radius 3 is 2.71 bits per heavy atom. The average molecular weight is 191 g/mol. The largest absolute Gasteiger partial charge is 0.366 e. The first-order chi connectivity index (χ1) is 6.74. The van der Waals surface area contributed by atoms with Gasteiger partial charge in [0.25, 0.3) is 5.78 Å². The molecule has 0 aliphatic carbocycles. The maximum atomic E-state index is 5.52. The molecule has 2 aromatic rings. The summed E-state index contributed by atoms with van der Waals surface area (Å²) in [4.78, 5) is 8.38. The zero-order valence-electron chi connectivity index (χ0n) is 8.36. The molecule has 2 rings (SSSR count). The fourth-order valence-electron chi connectivity index (χ4n) is 1.43. The van der Waals surface area contributed by atoms with Crippen LogP contribution in [-0.4, -0.2) is 19.6 Å². The molecule has 14 heavy (non-hydrogen) atoms. The van der Waals surface area contributed by atoms with E-state index in [1.807, 2.05) is 6.07 Å². The highest BCUT2D eigenvalue weighted by Crippen LogP contribution is 2.08. The van der Waals surface area contributed by atoms with Crippen molar-refractivity contribution < 1.29 is 0 Å². The van der Waals surface area contributed by atoms with Crippen LogP contribution in [0.5, 0.6) is 0 Å². The summed E-state index contributed by atoms with van der Waals surface area (Å²) in [5, 5.41) is 4.08. The van der Waals surface area contributed by atoms with Crippen molar-refractivity contribution in [3.8, 4) is 0 Å². The number of nitrogens with two attached hydrogens (primary N) is 1. The third kappa shape index (κ3) is 1.30. The Balaban J connectivity index is 2.72.